The minimum atomic E-state index is -0.341. The minimum absolute atomic E-state index is 0.177. The van der Waals surface area contributed by atoms with Crippen molar-refractivity contribution in [2.75, 3.05) is 6.61 Å². The number of aromatic nitrogens is 2. The highest BCUT2D eigenvalue weighted by Crippen LogP contribution is 2.31. The Morgan fingerprint density at radius 2 is 1.93 bits per heavy atom. The van der Waals surface area contributed by atoms with Crippen LogP contribution in [0, 0.1) is 0 Å². The zero-order chi connectivity index (χ0) is 21.1. The summed E-state index contributed by atoms with van der Waals surface area (Å²) in [5.41, 5.74) is 2.21. The smallest absolute Gasteiger partial charge is 0.338 e. The van der Waals surface area contributed by atoms with E-state index in [0.29, 0.717) is 12.2 Å². The topological polar surface area (TPSA) is 64.4 Å². The quantitative estimate of drug-likeness (QED) is 0.511. The third-order valence-electron chi connectivity index (χ3n) is 5.62. The summed E-state index contributed by atoms with van der Waals surface area (Å²) in [6.45, 7) is 11.2. The van der Waals surface area contributed by atoms with Crippen molar-refractivity contribution in [3.63, 3.8) is 0 Å². The van der Waals surface area contributed by atoms with Crippen LogP contribution in [0.1, 0.15) is 64.2 Å². The first-order chi connectivity index (χ1) is 13.9. The molecule has 0 N–H and O–H groups in total. The Hall–Kier alpha value is -2.02. The van der Waals surface area contributed by atoms with Gasteiger partial charge >= 0.3 is 5.97 Å². The Kier molecular flexibility index (Phi) is 6.88. The number of hydrogen-bond acceptors (Lipinski definition) is 5. The molecule has 0 aliphatic carbocycles. The number of aryl methyl sites for hydroxylation is 1. The third kappa shape index (κ3) is 4.44. The number of imidazole rings is 1. The van der Waals surface area contributed by atoms with Crippen molar-refractivity contribution in [3.8, 4) is 0 Å². The summed E-state index contributed by atoms with van der Waals surface area (Å²) in [7, 11) is 0. The van der Waals surface area contributed by atoms with Crippen LogP contribution in [-0.2, 0) is 16.1 Å². The van der Waals surface area contributed by atoms with Gasteiger partial charge in [0.2, 0.25) is 5.91 Å². The van der Waals surface area contributed by atoms with Crippen LogP contribution in [-0.4, -0.2) is 50.3 Å². The predicted molar refractivity (Wildman–Crippen MR) is 116 cm³/mol. The molecule has 2 heterocycles. The van der Waals surface area contributed by atoms with Crippen molar-refractivity contribution >= 4 is 34.7 Å². The number of esters is 1. The molecule has 3 atom stereocenters. The number of amides is 1. The molecular weight excluding hydrogens is 386 g/mol. The molecule has 1 aliphatic rings. The van der Waals surface area contributed by atoms with Gasteiger partial charge in [-0.3, -0.25) is 4.79 Å². The van der Waals surface area contributed by atoms with Crippen LogP contribution < -0.4 is 0 Å². The zero-order valence-electron chi connectivity index (χ0n) is 18.0. The second-order valence-corrected chi connectivity index (χ2v) is 9.01. The molecule has 0 saturated carbocycles. The van der Waals surface area contributed by atoms with Gasteiger partial charge in [0.25, 0.3) is 0 Å². The Morgan fingerprint density at radius 3 is 2.55 bits per heavy atom. The summed E-state index contributed by atoms with van der Waals surface area (Å²) >= 11 is 1.50. The lowest BCUT2D eigenvalue weighted by Gasteiger charge is -2.40. The van der Waals surface area contributed by atoms with Gasteiger partial charge in [0.1, 0.15) is 0 Å². The second kappa shape index (κ2) is 9.20. The normalized spacial score (nSPS) is 20.7. The van der Waals surface area contributed by atoms with Crippen LogP contribution in [0.3, 0.4) is 0 Å². The Morgan fingerprint density at radius 1 is 1.24 bits per heavy atom. The molecule has 29 heavy (non-hydrogen) atoms. The Bertz CT molecular complexity index is 885. The molecule has 1 fully saturated rings. The van der Waals surface area contributed by atoms with E-state index in [-0.39, 0.29) is 29.2 Å². The van der Waals surface area contributed by atoms with Gasteiger partial charge in [-0.15, -0.1) is 0 Å². The summed E-state index contributed by atoms with van der Waals surface area (Å²) in [6.07, 6.45) is 3.32. The van der Waals surface area contributed by atoms with Crippen molar-refractivity contribution in [2.24, 2.45) is 0 Å². The molecule has 2 aromatic rings. The number of rotatable bonds is 6. The van der Waals surface area contributed by atoms with E-state index in [1.165, 1.54) is 18.2 Å². The van der Waals surface area contributed by atoms with Crippen molar-refractivity contribution in [3.05, 3.63) is 23.8 Å². The molecule has 1 amide bonds. The lowest BCUT2D eigenvalue weighted by Crippen LogP contribution is -2.50. The van der Waals surface area contributed by atoms with Crippen LogP contribution in [0.15, 0.2) is 23.4 Å². The molecule has 1 aromatic carbocycles. The standard InChI is InChI=1S/C22H31N3O3S/c1-6-24-19-12-11-17(21(27)28-7-2)13-18(19)23-22(24)29-16(5)20(26)25-14(3)9-8-10-15(25)4/h11-16H,6-10H2,1-5H3/t14-,15-,16+/m0/s1. The van der Waals surface area contributed by atoms with E-state index < -0.39 is 0 Å². The van der Waals surface area contributed by atoms with E-state index in [2.05, 4.69) is 30.2 Å². The van der Waals surface area contributed by atoms with Gasteiger partial charge in [0, 0.05) is 18.6 Å². The molecule has 6 nitrogen and oxygen atoms in total. The maximum absolute atomic E-state index is 13.2. The average molecular weight is 418 g/mol. The summed E-state index contributed by atoms with van der Waals surface area (Å²) < 4.78 is 7.19. The fourth-order valence-corrected chi connectivity index (χ4v) is 5.16. The van der Waals surface area contributed by atoms with Crippen LogP contribution in [0.4, 0.5) is 0 Å². The first-order valence-corrected chi connectivity index (χ1v) is 11.4. The van der Waals surface area contributed by atoms with Gasteiger partial charge in [0.05, 0.1) is 28.5 Å². The maximum atomic E-state index is 13.2. The number of hydrogen-bond donors (Lipinski definition) is 0. The number of piperidine rings is 1. The number of carbonyl (C=O) groups is 2. The monoisotopic (exact) mass is 417 g/mol. The van der Waals surface area contributed by atoms with Gasteiger partial charge in [-0.25, -0.2) is 9.78 Å². The van der Waals surface area contributed by atoms with E-state index in [4.69, 9.17) is 9.72 Å². The Balaban J connectivity index is 1.84. The van der Waals surface area contributed by atoms with Crippen LogP contribution in [0.2, 0.25) is 0 Å². The number of benzene rings is 1. The van der Waals surface area contributed by atoms with E-state index in [1.807, 2.05) is 13.0 Å². The summed E-state index contributed by atoms with van der Waals surface area (Å²) in [6, 6.07) is 6.01. The van der Waals surface area contributed by atoms with Gasteiger partial charge in [-0.05, 0) is 72.1 Å². The number of thioether (sulfide) groups is 1. The molecule has 0 radical (unpaired) electrons. The summed E-state index contributed by atoms with van der Waals surface area (Å²) in [4.78, 5) is 32.0. The largest absolute Gasteiger partial charge is 0.462 e. The lowest BCUT2D eigenvalue weighted by atomic mass is 9.97. The number of fused-ring (bicyclic) bond motifs is 1. The zero-order valence-corrected chi connectivity index (χ0v) is 18.8. The van der Waals surface area contributed by atoms with E-state index in [9.17, 15) is 9.59 Å². The van der Waals surface area contributed by atoms with Crippen LogP contribution >= 0.6 is 11.8 Å². The molecule has 1 aliphatic heterocycles. The Labute approximate surface area is 177 Å². The van der Waals surface area contributed by atoms with E-state index >= 15 is 0 Å². The second-order valence-electron chi connectivity index (χ2n) is 7.70. The molecule has 158 valence electrons. The molecule has 1 aromatic heterocycles. The minimum Gasteiger partial charge on any atom is -0.462 e. The molecule has 7 heteroatoms. The van der Waals surface area contributed by atoms with Crippen molar-refractivity contribution in [1.82, 2.24) is 14.5 Å². The fraction of sp³-hybridized carbons (Fsp3) is 0.591. The van der Waals surface area contributed by atoms with Crippen molar-refractivity contribution < 1.29 is 14.3 Å². The molecule has 3 rings (SSSR count). The first kappa shape index (κ1) is 21.7. The molecule has 0 spiro atoms. The van der Waals surface area contributed by atoms with Gasteiger partial charge in [-0.1, -0.05) is 11.8 Å². The fourth-order valence-electron chi connectivity index (χ4n) is 4.12. The van der Waals surface area contributed by atoms with Crippen molar-refractivity contribution in [2.45, 2.75) is 82.9 Å². The van der Waals surface area contributed by atoms with Crippen molar-refractivity contribution in [1.29, 1.82) is 0 Å². The number of nitrogens with zero attached hydrogens (tertiary/aromatic N) is 3. The highest BCUT2D eigenvalue weighted by molar-refractivity contribution is 8.00. The molecule has 0 bridgehead atoms. The highest BCUT2D eigenvalue weighted by Gasteiger charge is 2.32. The number of likely N-dealkylation sites (tertiary alicyclic amines) is 1. The summed E-state index contributed by atoms with van der Waals surface area (Å²) in [5, 5.41) is 0.589. The number of ether oxygens (including phenoxy) is 1. The molecule has 1 saturated heterocycles. The summed E-state index contributed by atoms with van der Waals surface area (Å²) in [5.74, 6) is -0.164. The highest BCUT2D eigenvalue weighted by atomic mass is 32.2. The lowest BCUT2D eigenvalue weighted by molar-refractivity contribution is -0.136. The first-order valence-electron chi connectivity index (χ1n) is 10.5. The molecular formula is C22H31N3O3S. The maximum Gasteiger partial charge on any atom is 0.338 e. The predicted octanol–water partition coefficient (Wildman–Crippen LogP) is 4.50. The molecule has 0 unspecified atom stereocenters. The van der Waals surface area contributed by atoms with Gasteiger partial charge < -0.3 is 14.2 Å². The van der Waals surface area contributed by atoms with E-state index in [1.54, 1.807) is 19.1 Å². The third-order valence-corrected chi connectivity index (χ3v) is 6.70. The average Bonchev–Trinajstić information content (AvgIpc) is 3.03. The number of carbonyl (C=O) groups excluding carboxylic acids is 2. The van der Waals surface area contributed by atoms with Crippen LogP contribution in [0.25, 0.3) is 11.0 Å². The van der Waals surface area contributed by atoms with E-state index in [0.717, 1.165) is 35.6 Å². The van der Waals surface area contributed by atoms with Gasteiger partial charge in [0.15, 0.2) is 5.16 Å². The van der Waals surface area contributed by atoms with Crippen LogP contribution in [0.5, 0.6) is 0 Å². The SMILES string of the molecule is CCOC(=O)c1ccc2c(c1)nc(S[C@H](C)C(=O)N1[C@@H](C)CCC[C@@H]1C)n2CC. The van der Waals surface area contributed by atoms with Gasteiger partial charge in [-0.2, -0.15) is 0 Å².